The molecule has 0 radical (unpaired) electrons. The summed E-state index contributed by atoms with van der Waals surface area (Å²) in [5.74, 6) is -1.87. The second kappa shape index (κ2) is 27.9. The summed E-state index contributed by atoms with van der Waals surface area (Å²) in [6, 6.07) is -2.25. The lowest BCUT2D eigenvalue weighted by Crippen LogP contribution is -2.64. The summed E-state index contributed by atoms with van der Waals surface area (Å²) in [6.07, 6.45) is -13.3. The zero-order valence-electron chi connectivity index (χ0n) is 36.5. The Morgan fingerprint density at radius 3 is 1.39 bits per heavy atom. The van der Waals surface area contributed by atoms with Crippen LogP contribution < -0.4 is 21.3 Å². The Balaban J connectivity index is 1.76. The third kappa shape index (κ3) is 21.2. The third-order valence-corrected chi connectivity index (χ3v) is 10.4. The number of Topliss-reactive ketones (excluding diaryl/α,β-unsaturated/α-hetero) is 2. The molecule has 0 bridgehead atoms. The van der Waals surface area contributed by atoms with Crippen LogP contribution in [0.4, 0.5) is 9.59 Å². The smallest absolute Gasteiger partial charge is 0.447 e. The number of ether oxygens (including phenoxy) is 6. The van der Waals surface area contributed by atoms with E-state index < -0.39 is 156 Å². The summed E-state index contributed by atoms with van der Waals surface area (Å²) in [4.78, 5) is 83.0. The number of aliphatic hydroxyl groups is 6. The first kappa shape index (κ1) is 56.7. The van der Waals surface area contributed by atoms with Crippen LogP contribution in [0.15, 0.2) is 0 Å². The highest BCUT2D eigenvalue weighted by molar-refractivity contribution is 7.47. The van der Waals surface area contributed by atoms with E-state index in [1.165, 1.54) is 34.6 Å². The Morgan fingerprint density at radius 2 is 1.05 bits per heavy atom. The zero-order chi connectivity index (χ0) is 48.2. The van der Waals surface area contributed by atoms with Gasteiger partial charge in [0, 0.05) is 39.9 Å². The minimum atomic E-state index is -4.82. The second-order valence-corrected chi connectivity index (χ2v) is 17.2. The van der Waals surface area contributed by atoms with E-state index >= 15 is 0 Å². The van der Waals surface area contributed by atoms with Crippen LogP contribution in [0.3, 0.4) is 0 Å². The predicted octanol–water partition coefficient (Wildman–Crippen LogP) is -2.86. The number of carbonyl (C=O) groups is 6. The van der Waals surface area contributed by atoms with Gasteiger partial charge in [-0.3, -0.25) is 28.2 Å². The molecule has 0 saturated carbocycles. The van der Waals surface area contributed by atoms with E-state index in [4.69, 9.17) is 37.5 Å². The van der Waals surface area contributed by atoms with Crippen molar-refractivity contribution in [1.82, 2.24) is 21.3 Å². The number of phosphoric ester groups is 1. The van der Waals surface area contributed by atoms with Gasteiger partial charge in [-0.1, -0.05) is 0 Å². The van der Waals surface area contributed by atoms with Gasteiger partial charge in [0.1, 0.15) is 68.0 Å². The van der Waals surface area contributed by atoms with Crippen LogP contribution in [0.1, 0.15) is 73.1 Å². The van der Waals surface area contributed by atoms with Crippen LogP contribution in [-0.2, 0) is 61.2 Å². The van der Waals surface area contributed by atoms with Crippen molar-refractivity contribution in [2.45, 2.75) is 146 Å². The summed E-state index contributed by atoms with van der Waals surface area (Å²) in [5.41, 5.74) is -1.16. The van der Waals surface area contributed by atoms with E-state index in [9.17, 15) is 68.9 Å². The fraction of sp³-hybridized carbons (Fsp3) is 0.838. The molecule has 2 aliphatic rings. The van der Waals surface area contributed by atoms with E-state index in [2.05, 4.69) is 21.3 Å². The number of ketones is 2. The summed E-state index contributed by atoms with van der Waals surface area (Å²) >= 11 is 0. The van der Waals surface area contributed by atoms with Crippen molar-refractivity contribution in [3.63, 3.8) is 0 Å². The second-order valence-electron chi connectivity index (χ2n) is 15.9. The molecular weight excluding hydrogens is 883 g/mol. The first-order valence-corrected chi connectivity index (χ1v) is 22.0. The van der Waals surface area contributed by atoms with Gasteiger partial charge in [0.05, 0.1) is 31.9 Å². The number of hydrogen-bond donors (Lipinski definition) is 11. The fourth-order valence-corrected chi connectivity index (χ4v) is 7.33. The molecule has 26 nitrogen and oxygen atoms in total. The van der Waals surface area contributed by atoms with Crippen molar-refractivity contribution in [1.29, 1.82) is 0 Å². The van der Waals surface area contributed by atoms with E-state index in [-0.39, 0.29) is 38.9 Å². The number of nitrogens with one attached hydrogen (secondary N) is 4. The van der Waals surface area contributed by atoms with E-state index in [0.29, 0.717) is 12.8 Å². The molecule has 27 heteroatoms. The van der Waals surface area contributed by atoms with Gasteiger partial charge < -0.3 is 85.2 Å². The van der Waals surface area contributed by atoms with Crippen molar-refractivity contribution >= 4 is 43.4 Å². The standard InChI is InChI=1S/C37H65N4O22P/c1-20(44)40-27-31(50)29(48)25(16-42)60-33(27)56-12-8-6-10-22(46)14-38-35(52)58-18-24(62-64(54,55)63-37(3,4)5)19-59-36(53)39-15-23(47)11-7-9-13-57-34-28(41-21(2)45)32(51)30(49)26(17-43)61-34/h24-34,42-43,48-51H,6-19H2,1-5H3,(H,38,52)(H,39,53)(H,40,44)(H,41,45)(H,54,55)/t25-,26-,27-,28-,29+,30+,31-,32-,33-,34-/m1/s1. The summed E-state index contributed by atoms with van der Waals surface area (Å²) in [5, 5.41) is 69.1. The molecule has 2 heterocycles. The quantitative estimate of drug-likeness (QED) is 0.0291. The molecule has 2 fully saturated rings. The molecule has 64 heavy (non-hydrogen) atoms. The predicted molar refractivity (Wildman–Crippen MR) is 215 cm³/mol. The van der Waals surface area contributed by atoms with Crippen molar-refractivity contribution in [2.75, 3.05) is 52.7 Å². The van der Waals surface area contributed by atoms with Crippen molar-refractivity contribution in [3.8, 4) is 0 Å². The van der Waals surface area contributed by atoms with E-state index in [1.54, 1.807) is 0 Å². The van der Waals surface area contributed by atoms with Gasteiger partial charge in [-0.25, -0.2) is 14.2 Å². The van der Waals surface area contributed by atoms with E-state index in [0.717, 1.165) is 0 Å². The molecule has 370 valence electrons. The average molecular weight is 949 g/mol. The number of phosphoric acid groups is 1. The van der Waals surface area contributed by atoms with Gasteiger partial charge in [0.2, 0.25) is 11.8 Å². The normalized spacial score (nSPS) is 26.9. The maximum absolute atomic E-state index is 12.6. The molecule has 2 saturated heterocycles. The van der Waals surface area contributed by atoms with Crippen LogP contribution >= 0.6 is 7.82 Å². The number of aliphatic hydroxyl groups excluding tert-OH is 6. The Morgan fingerprint density at radius 1 is 0.656 bits per heavy atom. The van der Waals surface area contributed by atoms with Crippen LogP contribution in [0.25, 0.3) is 0 Å². The van der Waals surface area contributed by atoms with Gasteiger partial charge in [0.15, 0.2) is 24.1 Å². The summed E-state index contributed by atoms with van der Waals surface area (Å²) in [6.45, 7) is 3.11. The van der Waals surface area contributed by atoms with Crippen molar-refractivity contribution < 1.29 is 106 Å². The van der Waals surface area contributed by atoms with Gasteiger partial charge in [-0.15, -0.1) is 0 Å². The summed E-state index contributed by atoms with van der Waals surface area (Å²) < 4.78 is 54.9. The number of rotatable bonds is 27. The molecule has 0 spiro atoms. The molecule has 0 aromatic carbocycles. The van der Waals surface area contributed by atoms with Gasteiger partial charge >= 0.3 is 20.0 Å². The fourth-order valence-electron chi connectivity index (χ4n) is 6.10. The van der Waals surface area contributed by atoms with Crippen LogP contribution in [0.5, 0.6) is 0 Å². The van der Waals surface area contributed by atoms with Crippen LogP contribution in [0, 0.1) is 0 Å². The number of alkyl carbamates (subject to hydrolysis) is 2. The molecular formula is C37H65N4O22P. The number of unbranched alkanes of at least 4 members (excludes halogenated alkanes) is 2. The lowest BCUT2D eigenvalue weighted by atomic mass is 9.97. The van der Waals surface area contributed by atoms with Crippen molar-refractivity contribution in [2.24, 2.45) is 0 Å². The highest BCUT2D eigenvalue weighted by Crippen LogP contribution is 2.48. The largest absolute Gasteiger partial charge is 0.473 e. The Kier molecular flexibility index (Phi) is 24.7. The third-order valence-electron chi connectivity index (χ3n) is 9.10. The molecule has 11 N–H and O–H groups in total. The highest BCUT2D eigenvalue weighted by atomic mass is 31.2. The minimum absolute atomic E-state index is 0.00230. The maximum Gasteiger partial charge on any atom is 0.473 e. The molecule has 2 rings (SSSR count). The number of amides is 4. The van der Waals surface area contributed by atoms with Gasteiger partial charge in [-0.05, 0) is 46.5 Å². The lowest BCUT2D eigenvalue weighted by Gasteiger charge is -2.42. The number of hydrogen-bond acceptors (Lipinski definition) is 21. The Hall–Kier alpha value is -3.47. The summed E-state index contributed by atoms with van der Waals surface area (Å²) in [7, 11) is -4.82. The first-order chi connectivity index (χ1) is 30.0. The molecule has 1 unspecified atom stereocenters. The van der Waals surface area contributed by atoms with E-state index in [1.807, 2.05) is 0 Å². The average Bonchev–Trinajstić information content (AvgIpc) is 3.20. The molecule has 2 aliphatic heterocycles. The van der Waals surface area contributed by atoms with Crippen molar-refractivity contribution in [3.05, 3.63) is 0 Å². The maximum atomic E-state index is 12.6. The molecule has 11 atom stereocenters. The zero-order valence-corrected chi connectivity index (χ0v) is 37.3. The Bertz CT molecular complexity index is 1460. The van der Waals surface area contributed by atoms with Crippen LogP contribution in [-0.4, -0.2) is 197 Å². The molecule has 4 amide bonds. The number of carbonyl (C=O) groups excluding carboxylic acids is 6. The highest BCUT2D eigenvalue weighted by Gasteiger charge is 2.46. The topological polar surface area (TPSA) is 383 Å². The van der Waals surface area contributed by atoms with Crippen LogP contribution in [0.2, 0.25) is 0 Å². The Labute approximate surface area is 369 Å². The van der Waals surface area contributed by atoms with Gasteiger partial charge in [-0.2, -0.15) is 0 Å². The molecule has 0 aliphatic carbocycles. The molecule has 0 aromatic rings. The lowest BCUT2D eigenvalue weighted by molar-refractivity contribution is -0.270. The first-order valence-electron chi connectivity index (χ1n) is 20.6. The minimum Gasteiger partial charge on any atom is -0.447 e. The van der Waals surface area contributed by atoms with Gasteiger partial charge in [0.25, 0.3) is 0 Å². The SMILES string of the molecule is CC(=O)N[C@H]1[C@H](OCCCCC(=O)CNC(=O)OCC(COC(=O)NCC(=O)CCCCO[C@@H]2O[C@H](CO)[C@H](O)[C@H](O)[C@H]2NC(C)=O)OP(=O)(O)OC(C)(C)C)O[C@H](CO)[C@H](O)[C@@H]1O. The monoisotopic (exact) mass is 948 g/mol. The molecule has 0 aromatic heterocycles.